The second kappa shape index (κ2) is 9.70. The fourth-order valence-corrected chi connectivity index (χ4v) is 4.37. The van der Waals surface area contributed by atoms with E-state index >= 15 is 0 Å². The summed E-state index contributed by atoms with van der Waals surface area (Å²) in [6.07, 6.45) is 0. The van der Waals surface area contributed by atoms with Gasteiger partial charge in [-0.25, -0.2) is 9.78 Å². The molecule has 0 aliphatic carbocycles. The smallest absolute Gasteiger partial charge is 0.338 e. The zero-order valence-electron chi connectivity index (χ0n) is 15.5. The molecule has 154 valence electrons. The molecule has 11 heteroatoms. The number of aryl methyl sites for hydroxylation is 1. The molecule has 3 aromatic rings. The fourth-order valence-electron chi connectivity index (χ4n) is 2.31. The van der Waals surface area contributed by atoms with E-state index in [0.717, 1.165) is 23.5 Å². The van der Waals surface area contributed by atoms with Crippen molar-refractivity contribution in [2.75, 3.05) is 11.9 Å². The van der Waals surface area contributed by atoms with Crippen molar-refractivity contribution in [1.82, 2.24) is 4.98 Å². The predicted molar refractivity (Wildman–Crippen MR) is 114 cm³/mol. The number of amides is 1. The van der Waals surface area contributed by atoms with Gasteiger partial charge in [-0.15, -0.1) is 11.3 Å². The second-order valence-corrected chi connectivity index (χ2v) is 8.45. The van der Waals surface area contributed by atoms with Crippen LogP contribution < -0.4 is 5.32 Å². The maximum absolute atomic E-state index is 12.2. The molecule has 0 radical (unpaired) electrons. The quantitative estimate of drug-likeness (QED) is 0.299. The Morgan fingerprint density at radius 2 is 2.07 bits per heavy atom. The molecular formula is C19H14ClN3O5S2. The lowest BCUT2D eigenvalue weighted by Gasteiger charge is -2.08. The minimum Gasteiger partial charge on any atom is -0.452 e. The number of para-hydroxylation sites is 1. The topological polar surface area (TPSA) is 111 Å². The molecule has 2 aromatic carbocycles. The number of thiazole rings is 1. The molecule has 1 amide bonds. The van der Waals surface area contributed by atoms with Crippen molar-refractivity contribution in [3.05, 3.63) is 74.2 Å². The highest BCUT2D eigenvalue weighted by atomic mass is 35.5. The number of ether oxygens (including phenoxy) is 1. The van der Waals surface area contributed by atoms with E-state index in [1.807, 2.05) is 12.3 Å². The number of nitrogens with one attached hydrogen (secondary N) is 1. The molecule has 8 nitrogen and oxygen atoms in total. The molecule has 0 saturated heterocycles. The predicted octanol–water partition coefficient (Wildman–Crippen LogP) is 4.96. The number of nitro groups is 1. The number of hydrogen-bond donors (Lipinski definition) is 1. The first-order chi connectivity index (χ1) is 14.3. The van der Waals surface area contributed by atoms with Crippen molar-refractivity contribution in [2.45, 2.75) is 16.2 Å². The first-order valence-electron chi connectivity index (χ1n) is 8.43. The largest absolute Gasteiger partial charge is 0.452 e. The standard InChI is InChI=1S/C19H14ClN3O5S2/c1-11-10-29-19(21-11)30-16-7-6-12(8-15(16)23(26)27)18(25)28-9-17(24)22-14-5-3-2-4-13(14)20/h2-8,10H,9H2,1H3,(H,22,24). The van der Waals surface area contributed by atoms with Gasteiger partial charge in [-0.1, -0.05) is 35.5 Å². The van der Waals surface area contributed by atoms with E-state index in [1.165, 1.54) is 23.5 Å². The van der Waals surface area contributed by atoms with E-state index in [0.29, 0.717) is 19.9 Å². The van der Waals surface area contributed by atoms with Crippen molar-refractivity contribution in [3.63, 3.8) is 0 Å². The van der Waals surface area contributed by atoms with Crippen molar-refractivity contribution in [1.29, 1.82) is 0 Å². The van der Waals surface area contributed by atoms with Crippen molar-refractivity contribution in [3.8, 4) is 0 Å². The summed E-state index contributed by atoms with van der Waals surface area (Å²) in [5.41, 5.74) is 0.921. The van der Waals surface area contributed by atoms with Gasteiger partial charge in [0.15, 0.2) is 10.9 Å². The first kappa shape index (κ1) is 21.8. The average molecular weight is 464 g/mol. The van der Waals surface area contributed by atoms with Gasteiger partial charge >= 0.3 is 5.97 Å². The zero-order valence-corrected chi connectivity index (χ0v) is 17.8. The monoisotopic (exact) mass is 463 g/mol. The maximum atomic E-state index is 12.2. The van der Waals surface area contributed by atoms with Crippen molar-refractivity contribution >= 4 is 58.0 Å². The number of nitro benzene ring substituents is 1. The Balaban J connectivity index is 1.66. The third-order valence-electron chi connectivity index (χ3n) is 3.67. The van der Waals surface area contributed by atoms with Gasteiger partial charge in [-0.05, 0) is 31.2 Å². The van der Waals surface area contributed by atoms with Crippen LogP contribution in [0.15, 0.2) is 57.1 Å². The molecule has 30 heavy (non-hydrogen) atoms. The molecule has 1 aromatic heterocycles. The molecule has 1 heterocycles. The van der Waals surface area contributed by atoms with Crippen molar-refractivity contribution < 1.29 is 19.2 Å². The number of anilines is 1. The number of nitrogens with zero attached hydrogens (tertiary/aromatic N) is 2. The molecule has 0 saturated carbocycles. The first-order valence-corrected chi connectivity index (χ1v) is 10.5. The van der Waals surface area contributed by atoms with Crippen LogP contribution in [-0.4, -0.2) is 28.4 Å². The van der Waals surface area contributed by atoms with Crippen LogP contribution in [0.4, 0.5) is 11.4 Å². The number of esters is 1. The van der Waals surface area contributed by atoms with Gasteiger partial charge in [0.05, 0.1) is 26.1 Å². The summed E-state index contributed by atoms with van der Waals surface area (Å²) in [5.74, 6) is -1.44. The summed E-state index contributed by atoms with van der Waals surface area (Å²) in [6.45, 7) is 1.27. The molecule has 0 spiro atoms. The number of carbonyl (C=O) groups excluding carboxylic acids is 2. The molecule has 0 aliphatic heterocycles. The normalized spacial score (nSPS) is 10.5. The fraction of sp³-hybridized carbons (Fsp3) is 0.105. The van der Waals surface area contributed by atoms with Crippen LogP contribution in [0.1, 0.15) is 16.1 Å². The Morgan fingerprint density at radius 3 is 2.73 bits per heavy atom. The molecular weight excluding hydrogens is 450 g/mol. The Morgan fingerprint density at radius 1 is 1.30 bits per heavy atom. The van der Waals surface area contributed by atoms with E-state index in [9.17, 15) is 19.7 Å². The highest BCUT2D eigenvalue weighted by molar-refractivity contribution is 8.01. The second-order valence-electron chi connectivity index (χ2n) is 5.90. The van der Waals surface area contributed by atoms with Gasteiger partial charge in [0.1, 0.15) is 0 Å². The number of rotatable bonds is 7. The third kappa shape index (κ3) is 5.56. The molecule has 0 bridgehead atoms. The van der Waals surface area contributed by atoms with E-state index in [4.69, 9.17) is 16.3 Å². The van der Waals surface area contributed by atoms with Crippen molar-refractivity contribution in [2.24, 2.45) is 0 Å². The molecule has 0 unspecified atom stereocenters. The van der Waals surface area contributed by atoms with Crippen LogP contribution >= 0.6 is 34.7 Å². The summed E-state index contributed by atoms with van der Waals surface area (Å²) < 4.78 is 5.62. The van der Waals surface area contributed by atoms with Crippen LogP contribution in [0.25, 0.3) is 0 Å². The summed E-state index contributed by atoms with van der Waals surface area (Å²) >= 11 is 8.47. The van der Waals surface area contributed by atoms with Crippen LogP contribution in [0.2, 0.25) is 5.02 Å². The number of carbonyl (C=O) groups is 2. The van der Waals surface area contributed by atoms with Crippen LogP contribution in [-0.2, 0) is 9.53 Å². The Labute approximate surface area is 184 Å². The van der Waals surface area contributed by atoms with Gasteiger partial charge in [-0.2, -0.15) is 0 Å². The molecule has 0 aliphatic rings. The van der Waals surface area contributed by atoms with Gasteiger partial charge in [0.2, 0.25) is 0 Å². The summed E-state index contributed by atoms with van der Waals surface area (Å²) in [5, 5.41) is 16.1. The molecule has 1 N–H and O–H groups in total. The Bertz CT molecular complexity index is 1120. The minimum absolute atomic E-state index is 0.0353. The lowest BCUT2D eigenvalue weighted by atomic mass is 10.2. The zero-order chi connectivity index (χ0) is 21.7. The van der Waals surface area contributed by atoms with Crippen LogP contribution in [0.3, 0.4) is 0 Å². The lowest BCUT2D eigenvalue weighted by Crippen LogP contribution is -2.21. The number of hydrogen-bond acceptors (Lipinski definition) is 8. The van der Waals surface area contributed by atoms with Gasteiger partial charge in [0.25, 0.3) is 11.6 Å². The SMILES string of the molecule is Cc1csc(Sc2ccc(C(=O)OCC(=O)Nc3ccccc3Cl)cc2[N+](=O)[O-])n1. The lowest BCUT2D eigenvalue weighted by molar-refractivity contribution is -0.387. The summed E-state index contributed by atoms with van der Waals surface area (Å²) in [7, 11) is 0. The van der Waals surface area contributed by atoms with E-state index < -0.39 is 23.4 Å². The van der Waals surface area contributed by atoms with Gasteiger partial charge in [0, 0.05) is 17.1 Å². The number of benzene rings is 2. The maximum Gasteiger partial charge on any atom is 0.338 e. The highest BCUT2D eigenvalue weighted by Crippen LogP contribution is 2.36. The molecule has 0 atom stereocenters. The van der Waals surface area contributed by atoms with E-state index in [-0.39, 0.29) is 11.3 Å². The third-order valence-corrected chi connectivity index (χ3v) is 6.12. The minimum atomic E-state index is -0.853. The molecule has 0 fully saturated rings. The Hall–Kier alpha value is -2.95. The number of aromatic nitrogens is 1. The average Bonchev–Trinajstić information content (AvgIpc) is 3.12. The summed E-state index contributed by atoms with van der Waals surface area (Å²) in [4.78, 5) is 39.7. The molecule has 3 rings (SSSR count). The Kier molecular flexibility index (Phi) is 7.03. The van der Waals surface area contributed by atoms with E-state index in [2.05, 4.69) is 10.3 Å². The summed E-state index contributed by atoms with van der Waals surface area (Å²) in [6, 6.07) is 10.6. The van der Waals surface area contributed by atoms with Crippen LogP contribution in [0.5, 0.6) is 0 Å². The van der Waals surface area contributed by atoms with Gasteiger partial charge < -0.3 is 10.1 Å². The highest BCUT2D eigenvalue weighted by Gasteiger charge is 2.20. The van der Waals surface area contributed by atoms with Gasteiger partial charge in [-0.3, -0.25) is 14.9 Å². The number of halogens is 1. The van der Waals surface area contributed by atoms with Crippen LogP contribution in [0, 0.1) is 17.0 Å². The van der Waals surface area contributed by atoms with E-state index in [1.54, 1.807) is 24.3 Å².